The molecule has 0 bridgehead atoms. The van der Waals surface area contributed by atoms with Gasteiger partial charge in [0, 0.05) is 12.6 Å². The third-order valence-corrected chi connectivity index (χ3v) is 3.14. The van der Waals surface area contributed by atoms with Gasteiger partial charge in [-0.25, -0.2) is 0 Å². The number of carbonyl (C=O) groups is 2. The first kappa shape index (κ1) is 15.2. The van der Waals surface area contributed by atoms with Crippen LogP contribution in [0.25, 0.3) is 0 Å². The number of nitrogens with one attached hydrogen (secondary N) is 1. The highest BCUT2D eigenvalue weighted by Crippen LogP contribution is 2.18. The van der Waals surface area contributed by atoms with Crippen molar-refractivity contribution < 1.29 is 14.7 Å². The summed E-state index contributed by atoms with van der Waals surface area (Å²) in [5.74, 6) is -2.18. The summed E-state index contributed by atoms with van der Waals surface area (Å²) in [4.78, 5) is 22.6. The van der Waals surface area contributed by atoms with Gasteiger partial charge in [0.2, 0.25) is 5.91 Å². The number of aliphatic carboxylic acids is 1. The molecule has 1 amide bonds. The average Bonchev–Trinajstić information content (AvgIpc) is 2.43. The quantitative estimate of drug-likeness (QED) is 0.719. The van der Waals surface area contributed by atoms with Crippen molar-refractivity contribution in [2.75, 3.05) is 6.54 Å². The third kappa shape index (κ3) is 4.37. The first-order valence-electron chi connectivity index (χ1n) is 6.24. The summed E-state index contributed by atoms with van der Waals surface area (Å²) in [5.41, 5.74) is 6.91. The fourth-order valence-electron chi connectivity index (χ4n) is 1.63. The minimum Gasteiger partial charge on any atom is -0.481 e. The van der Waals surface area contributed by atoms with E-state index >= 15 is 0 Å². The highest BCUT2D eigenvalue weighted by molar-refractivity contribution is 5.80. The Kier molecular flexibility index (Phi) is 5.51. The second-order valence-corrected chi connectivity index (χ2v) is 4.71. The maximum atomic E-state index is 11.9. The van der Waals surface area contributed by atoms with Gasteiger partial charge < -0.3 is 16.2 Å². The Bertz CT molecular complexity index is 434. The van der Waals surface area contributed by atoms with Crippen LogP contribution in [0.5, 0.6) is 0 Å². The van der Waals surface area contributed by atoms with Gasteiger partial charge in [0.05, 0.1) is 11.8 Å². The molecule has 0 aliphatic heterocycles. The first-order chi connectivity index (χ1) is 8.93. The van der Waals surface area contributed by atoms with Crippen molar-refractivity contribution in [3.05, 3.63) is 35.9 Å². The van der Waals surface area contributed by atoms with Gasteiger partial charge in [0.25, 0.3) is 0 Å². The predicted octanol–water partition coefficient (Wildman–Crippen LogP) is 1.16. The van der Waals surface area contributed by atoms with Gasteiger partial charge in [0.15, 0.2) is 0 Å². The van der Waals surface area contributed by atoms with Crippen molar-refractivity contribution in [3.63, 3.8) is 0 Å². The summed E-state index contributed by atoms with van der Waals surface area (Å²) in [5, 5.41) is 11.4. The smallest absolute Gasteiger partial charge is 0.308 e. The molecule has 0 saturated carbocycles. The molecule has 1 rings (SSSR count). The molecule has 19 heavy (non-hydrogen) atoms. The Morgan fingerprint density at radius 3 is 2.37 bits per heavy atom. The molecule has 1 aromatic rings. The van der Waals surface area contributed by atoms with Crippen LogP contribution < -0.4 is 11.1 Å². The van der Waals surface area contributed by atoms with E-state index in [0.29, 0.717) is 0 Å². The van der Waals surface area contributed by atoms with Gasteiger partial charge in [-0.2, -0.15) is 0 Å². The Hall–Kier alpha value is -1.88. The molecule has 1 aromatic carbocycles. The molecule has 0 aliphatic rings. The zero-order valence-electron chi connectivity index (χ0n) is 11.2. The van der Waals surface area contributed by atoms with E-state index in [1.165, 1.54) is 0 Å². The molecule has 0 spiro atoms. The third-order valence-electron chi connectivity index (χ3n) is 3.14. The summed E-state index contributed by atoms with van der Waals surface area (Å²) in [7, 11) is 0. The molecule has 0 radical (unpaired) electrons. The molecule has 3 unspecified atom stereocenters. The molecule has 0 aromatic heterocycles. The van der Waals surface area contributed by atoms with Crippen LogP contribution in [0.1, 0.15) is 25.5 Å². The molecule has 5 heteroatoms. The van der Waals surface area contributed by atoms with Crippen LogP contribution in [0.2, 0.25) is 0 Å². The Morgan fingerprint density at radius 2 is 1.84 bits per heavy atom. The molecule has 104 valence electrons. The van der Waals surface area contributed by atoms with Crippen LogP contribution >= 0.6 is 0 Å². The van der Waals surface area contributed by atoms with Crippen LogP contribution in [0, 0.1) is 11.8 Å². The van der Waals surface area contributed by atoms with E-state index in [1.807, 2.05) is 30.3 Å². The summed E-state index contributed by atoms with van der Waals surface area (Å²) < 4.78 is 0. The van der Waals surface area contributed by atoms with E-state index in [-0.39, 0.29) is 12.5 Å². The number of carbonyl (C=O) groups excluding carboxylic acids is 1. The van der Waals surface area contributed by atoms with E-state index in [1.54, 1.807) is 13.8 Å². The molecule has 4 N–H and O–H groups in total. The van der Waals surface area contributed by atoms with Crippen LogP contribution in [0.3, 0.4) is 0 Å². The van der Waals surface area contributed by atoms with Crippen molar-refractivity contribution in [2.45, 2.75) is 19.9 Å². The fourth-order valence-corrected chi connectivity index (χ4v) is 1.63. The lowest BCUT2D eigenvalue weighted by atomic mass is 9.94. The summed E-state index contributed by atoms with van der Waals surface area (Å²) in [6.45, 7) is 3.39. The minimum absolute atomic E-state index is 0.111. The summed E-state index contributed by atoms with van der Waals surface area (Å²) in [6.07, 6.45) is 0. The second-order valence-electron chi connectivity index (χ2n) is 4.71. The van der Waals surface area contributed by atoms with Crippen molar-refractivity contribution >= 4 is 11.9 Å². The number of carboxylic acids is 1. The molecule has 0 saturated heterocycles. The molecular weight excluding hydrogens is 244 g/mol. The van der Waals surface area contributed by atoms with Crippen molar-refractivity contribution in [2.24, 2.45) is 17.6 Å². The lowest BCUT2D eigenvalue weighted by Crippen LogP contribution is -2.38. The van der Waals surface area contributed by atoms with Crippen LogP contribution in [0.4, 0.5) is 0 Å². The molecular formula is C14H20N2O3. The van der Waals surface area contributed by atoms with E-state index in [2.05, 4.69) is 5.32 Å². The van der Waals surface area contributed by atoms with Gasteiger partial charge in [-0.05, 0) is 5.56 Å². The highest BCUT2D eigenvalue weighted by atomic mass is 16.4. The largest absolute Gasteiger partial charge is 0.481 e. The number of nitrogens with two attached hydrogens (primary N) is 1. The SMILES string of the molecule is CC(CNC(=O)C(C)C(N)c1ccccc1)C(=O)O. The van der Waals surface area contributed by atoms with Gasteiger partial charge in [0.1, 0.15) is 0 Å². The standard InChI is InChI=1S/C14H20N2O3/c1-9(14(18)19)8-16-13(17)10(2)12(15)11-6-4-3-5-7-11/h3-7,9-10,12H,8,15H2,1-2H3,(H,16,17)(H,18,19). The van der Waals surface area contributed by atoms with Crippen molar-refractivity contribution in [1.82, 2.24) is 5.32 Å². The molecule has 0 aliphatic carbocycles. The number of benzene rings is 1. The lowest BCUT2D eigenvalue weighted by molar-refractivity contribution is -0.141. The normalized spacial score (nSPS) is 15.3. The summed E-state index contributed by atoms with van der Waals surface area (Å²) in [6, 6.07) is 8.96. The van der Waals surface area contributed by atoms with Gasteiger partial charge in [-0.1, -0.05) is 44.2 Å². The van der Waals surface area contributed by atoms with Gasteiger partial charge in [-0.15, -0.1) is 0 Å². The maximum Gasteiger partial charge on any atom is 0.308 e. The number of carboxylic acid groups (broad SMARTS) is 1. The van der Waals surface area contributed by atoms with Crippen LogP contribution in [0.15, 0.2) is 30.3 Å². The van der Waals surface area contributed by atoms with E-state index in [4.69, 9.17) is 10.8 Å². The fraction of sp³-hybridized carbons (Fsp3) is 0.429. The Labute approximate surface area is 112 Å². The zero-order valence-corrected chi connectivity index (χ0v) is 11.2. The van der Waals surface area contributed by atoms with Gasteiger partial charge >= 0.3 is 5.97 Å². The first-order valence-corrected chi connectivity index (χ1v) is 6.24. The average molecular weight is 264 g/mol. The molecule has 5 nitrogen and oxygen atoms in total. The maximum absolute atomic E-state index is 11.9. The molecule has 0 heterocycles. The number of hydrogen-bond acceptors (Lipinski definition) is 3. The Balaban J connectivity index is 2.55. The number of amides is 1. The topological polar surface area (TPSA) is 92.4 Å². The highest BCUT2D eigenvalue weighted by Gasteiger charge is 2.22. The second kappa shape index (κ2) is 6.89. The van der Waals surface area contributed by atoms with E-state index in [0.717, 1.165) is 5.56 Å². The summed E-state index contributed by atoms with van der Waals surface area (Å²) >= 11 is 0. The molecule has 0 fully saturated rings. The van der Waals surface area contributed by atoms with Gasteiger partial charge in [-0.3, -0.25) is 9.59 Å². The lowest BCUT2D eigenvalue weighted by Gasteiger charge is -2.20. The monoisotopic (exact) mass is 264 g/mol. The van der Waals surface area contributed by atoms with Crippen molar-refractivity contribution in [1.29, 1.82) is 0 Å². The van der Waals surface area contributed by atoms with E-state index in [9.17, 15) is 9.59 Å². The van der Waals surface area contributed by atoms with E-state index < -0.39 is 23.8 Å². The van der Waals surface area contributed by atoms with Crippen molar-refractivity contribution in [3.8, 4) is 0 Å². The Morgan fingerprint density at radius 1 is 1.26 bits per heavy atom. The molecule has 3 atom stereocenters. The van der Waals surface area contributed by atoms with Crippen LogP contribution in [-0.4, -0.2) is 23.5 Å². The minimum atomic E-state index is -0.930. The predicted molar refractivity (Wildman–Crippen MR) is 72.3 cm³/mol. The zero-order chi connectivity index (χ0) is 14.4. The number of rotatable bonds is 6. The van der Waals surface area contributed by atoms with Crippen LogP contribution in [-0.2, 0) is 9.59 Å². The number of hydrogen-bond donors (Lipinski definition) is 3.